The van der Waals surface area contributed by atoms with E-state index < -0.39 is 23.6 Å². The molecule has 0 aliphatic heterocycles. The van der Waals surface area contributed by atoms with Gasteiger partial charge in [0, 0.05) is 13.1 Å². The van der Waals surface area contributed by atoms with Gasteiger partial charge in [-0.1, -0.05) is 0 Å². The van der Waals surface area contributed by atoms with Gasteiger partial charge in [-0.25, -0.2) is 13.2 Å². The molecule has 0 aliphatic rings. The zero-order valence-corrected chi connectivity index (χ0v) is 8.23. The first kappa shape index (κ1) is 12.0. The number of halogens is 3. The summed E-state index contributed by atoms with van der Waals surface area (Å²) in [6, 6.07) is 1.85. The first-order chi connectivity index (χ1) is 7.00. The number of hydrogen-bond acceptors (Lipinski definition) is 2. The summed E-state index contributed by atoms with van der Waals surface area (Å²) < 4.78 is 38.0. The minimum absolute atomic E-state index is 0.180. The van der Waals surface area contributed by atoms with E-state index in [1.165, 1.54) is 0 Å². The van der Waals surface area contributed by atoms with Crippen LogP contribution in [-0.2, 0) is 6.54 Å². The molecule has 0 heterocycles. The van der Waals surface area contributed by atoms with Gasteiger partial charge in [0.25, 0.3) is 0 Å². The molecule has 0 amide bonds. The summed E-state index contributed by atoms with van der Waals surface area (Å²) in [7, 11) is 0. The Balaban J connectivity index is 2.63. The van der Waals surface area contributed by atoms with Crippen LogP contribution in [0.15, 0.2) is 12.1 Å². The van der Waals surface area contributed by atoms with E-state index in [0.717, 1.165) is 12.1 Å². The van der Waals surface area contributed by atoms with Crippen LogP contribution in [0.1, 0.15) is 12.5 Å². The summed E-state index contributed by atoms with van der Waals surface area (Å²) in [5.74, 6) is -3.87. The first-order valence-corrected chi connectivity index (χ1v) is 4.53. The lowest BCUT2D eigenvalue weighted by Gasteiger charge is -2.07. The Morgan fingerprint density at radius 2 is 1.80 bits per heavy atom. The highest BCUT2D eigenvalue weighted by Crippen LogP contribution is 2.13. The third kappa shape index (κ3) is 3.53. The van der Waals surface area contributed by atoms with Gasteiger partial charge in [0.1, 0.15) is 0 Å². The van der Waals surface area contributed by atoms with Crippen molar-refractivity contribution >= 4 is 0 Å². The van der Waals surface area contributed by atoms with Crippen LogP contribution in [0.25, 0.3) is 0 Å². The van der Waals surface area contributed by atoms with Gasteiger partial charge in [-0.2, -0.15) is 0 Å². The van der Waals surface area contributed by atoms with Crippen molar-refractivity contribution < 1.29 is 18.3 Å². The summed E-state index contributed by atoms with van der Waals surface area (Å²) in [4.78, 5) is 0. The van der Waals surface area contributed by atoms with E-state index in [1.807, 2.05) is 0 Å². The number of benzene rings is 1. The third-order valence-corrected chi connectivity index (χ3v) is 1.81. The molecular weight excluding hydrogens is 207 g/mol. The summed E-state index contributed by atoms with van der Waals surface area (Å²) in [6.45, 7) is 2.07. The van der Waals surface area contributed by atoms with Gasteiger partial charge in [-0.05, 0) is 24.6 Å². The molecule has 0 radical (unpaired) electrons. The summed E-state index contributed by atoms with van der Waals surface area (Å²) in [5, 5.41) is 11.7. The smallest absolute Gasteiger partial charge is 0.194 e. The van der Waals surface area contributed by atoms with Crippen molar-refractivity contribution in [3.8, 4) is 0 Å². The van der Waals surface area contributed by atoms with Crippen LogP contribution >= 0.6 is 0 Å². The van der Waals surface area contributed by atoms with E-state index in [4.69, 9.17) is 5.11 Å². The van der Waals surface area contributed by atoms with Crippen molar-refractivity contribution in [1.82, 2.24) is 5.32 Å². The molecular formula is C10H12F3NO. The number of aliphatic hydroxyl groups excluding tert-OH is 1. The predicted octanol–water partition coefficient (Wildman–Crippen LogP) is 1.57. The molecule has 0 fully saturated rings. The summed E-state index contributed by atoms with van der Waals surface area (Å²) >= 11 is 0. The van der Waals surface area contributed by atoms with Crippen molar-refractivity contribution in [3.63, 3.8) is 0 Å². The Morgan fingerprint density at radius 3 is 2.27 bits per heavy atom. The lowest BCUT2D eigenvalue weighted by Crippen LogP contribution is -2.24. The van der Waals surface area contributed by atoms with E-state index in [9.17, 15) is 13.2 Å². The monoisotopic (exact) mass is 219 g/mol. The van der Waals surface area contributed by atoms with Crippen LogP contribution in [0, 0.1) is 17.5 Å². The second-order valence-corrected chi connectivity index (χ2v) is 3.35. The molecule has 0 spiro atoms. The van der Waals surface area contributed by atoms with Crippen LogP contribution in [-0.4, -0.2) is 17.8 Å². The van der Waals surface area contributed by atoms with Gasteiger partial charge in [0.2, 0.25) is 0 Å². The van der Waals surface area contributed by atoms with E-state index >= 15 is 0 Å². The fourth-order valence-corrected chi connectivity index (χ4v) is 1.14. The highest BCUT2D eigenvalue weighted by molar-refractivity contribution is 5.19. The standard InChI is InChI=1S/C10H12F3NO/c1-6(15)4-14-5-7-2-8(11)10(13)9(12)3-7/h2-3,6,14-15H,4-5H2,1H3. The number of hydrogen-bond donors (Lipinski definition) is 2. The maximum Gasteiger partial charge on any atom is 0.194 e. The predicted molar refractivity (Wildman–Crippen MR) is 49.7 cm³/mol. The Morgan fingerprint density at radius 1 is 1.27 bits per heavy atom. The van der Waals surface area contributed by atoms with Gasteiger partial charge in [-0.15, -0.1) is 0 Å². The van der Waals surface area contributed by atoms with Crippen molar-refractivity contribution in [1.29, 1.82) is 0 Å². The molecule has 1 rings (SSSR count). The lowest BCUT2D eigenvalue weighted by molar-refractivity contribution is 0.191. The van der Waals surface area contributed by atoms with Crippen molar-refractivity contribution in [2.24, 2.45) is 0 Å². The topological polar surface area (TPSA) is 32.3 Å². The Labute approximate surface area is 85.7 Å². The maximum atomic E-state index is 12.7. The average molecular weight is 219 g/mol. The molecule has 2 nitrogen and oxygen atoms in total. The zero-order chi connectivity index (χ0) is 11.4. The lowest BCUT2D eigenvalue weighted by atomic mass is 10.2. The second-order valence-electron chi connectivity index (χ2n) is 3.35. The molecule has 84 valence electrons. The van der Waals surface area contributed by atoms with Crippen molar-refractivity contribution in [3.05, 3.63) is 35.1 Å². The van der Waals surface area contributed by atoms with Gasteiger partial charge < -0.3 is 10.4 Å². The normalized spacial score (nSPS) is 12.9. The van der Waals surface area contributed by atoms with Crippen molar-refractivity contribution in [2.45, 2.75) is 19.6 Å². The molecule has 5 heteroatoms. The van der Waals surface area contributed by atoms with Crippen LogP contribution in [0.3, 0.4) is 0 Å². The fraction of sp³-hybridized carbons (Fsp3) is 0.400. The van der Waals surface area contributed by atoms with Crippen LogP contribution < -0.4 is 5.32 Å². The quantitative estimate of drug-likeness (QED) is 0.753. The molecule has 0 saturated carbocycles. The minimum atomic E-state index is -1.46. The number of rotatable bonds is 4. The van der Waals surface area contributed by atoms with Crippen LogP contribution in [0.4, 0.5) is 13.2 Å². The molecule has 1 unspecified atom stereocenters. The highest BCUT2D eigenvalue weighted by Gasteiger charge is 2.10. The number of nitrogens with one attached hydrogen (secondary N) is 1. The van der Waals surface area contributed by atoms with Crippen LogP contribution in [0.5, 0.6) is 0 Å². The Hall–Kier alpha value is -1.07. The second kappa shape index (κ2) is 5.14. The molecule has 0 aliphatic carbocycles. The van der Waals surface area contributed by atoms with Gasteiger partial charge in [0.15, 0.2) is 17.5 Å². The molecule has 1 aromatic carbocycles. The molecule has 0 bridgehead atoms. The molecule has 1 aromatic rings. The van der Waals surface area contributed by atoms with Gasteiger partial charge in [0.05, 0.1) is 6.10 Å². The average Bonchev–Trinajstić information content (AvgIpc) is 2.13. The summed E-state index contributed by atoms with van der Waals surface area (Å²) in [5.41, 5.74) is 0.298. The van der Waals surface area contributed by atoms with Gasteiger partial charge >= 0.3 is 0 Å². The van der Waals surface area contributed by atoms with E-state index in [1.54, 1.807) is 6.92 Å². The van der Waals surface area contributed by atoms with Crippen molar-refractivity contribution in [2.75, 3.05) is 6.54 Å². The molecule has 0 saturated heterocycles. The minimum Gasteiger partial charge on any atom is -0.392 e. The zero-order valence-electron chi connectivity index (χ0n) is 8.23. The number of aliphatic hydroxyl groups is 1. The largest absolute Gasteiger partial charge is 0.392 e. The fourth-order valence-electron chi connectivity index (χ4n) is 1.14. The first-order valence-electron chi connectivity index (χ1n) is 4.53. The SMILES string of the molecule is CC(O)CNCc1cc(F)c(F)c(F)c1. The van der Waals surface area contributed by atoms with E-state index in [-0.39, 0.29) is 6.54 Å². The van der Waals surface area contributed by atoms with Crippen LogP contribution in [0.2, 0.25) is 0 Å². The molecule has 2 N–H and O–H groups in total. The van der Waals surface area contributed by atoms with E-state index in [2.05, 4.69) is 5.32 Å². The Kier molecular flexibility index (Phi) is 4.11. The van der Waals surface area contributed by atoms with E-state index in [0.29, 0.717) is 12.1 Å². The third-order valence-electron chi connectivity index (χ3n) is 1.81. The maximum absolute atomic E-state index is 12.7. The summed E-state index contributed by atoms with van der Waals surface area (Å²) in [6.07, 6.45) is -0.542. The molecule has 15 heavy (non-hydrogen) atoms. The highest BCUT2D eigenvalue weighted by atomic mass is 19.2. The molecule has 1 atom stereocenters. The Bertz CT molecular complexity index is 318. The van der Waals surface area contributed by atoms with Gasteiger partial charge in [-0.3, -0.25) is 0 Å². The molecule has 0 aromatic heterocycles.